The Bertz CT molecular complexity index is 162. The maximum atomic E-state index is 5.49. The van der Waals surface area contributed by atoms with Crippen molar-refractivity contribution in [2.75, 3.05) is 12.9 Å². The van der Waals surface area contributed by atoms with Gasteiger partial charge < -0.3 is 9.05 Å². The second-order valence-electron chi connectivity index (χ2n) is 2.17. The van der Waals surface area contributed by atoms with Gasteiger partial charge in [0.2, 0.25) is 5.69 Å². The number of hydrogen-bond acceptors (Lipinski definition) is 4. The minimum absolute atomic E-state index is 0.284. The lowest BCUT2D eigenvalue weighted by molar-refractivity contribution is 0.128. The van der Waals surface area contributed by atoms with Crippen LogP contribution in [0, 0.1) is 0 Å². The Labute approximate surface area is 70.6 Å². The quantitative estimate of drug-likeness (QED) is 0.602. The van der Waals surface area contributed by atoms with Gasteiger partial charge in [0.15, 0.2) is 0 Å². The van der Waals surface area contributed by atoms with Crippen molar-refractivity contribution in [2.45, 2.75) is 19.4 Å². The number of rotatable bonds is 1. The Hall–Kier alpha value is 0.920. The minimum Gasteiger partial charge on any atom is -0.322 e. The van der Waals surface area contributed by atoms with E-state index in [-0.39, 0.29) is 6.10 Å². The van der Waals surface area contributed by atoms with E-state index in [4.69, 9.17) is 20.9 Å². The molecule has 0 amide bonds. The van der Waals surface area contributed by atoms with Crippen molar-refractivity contribution in [1.29, 1.82) is 0 Å². The average molecular weight is 198 g/mol. The van der Waals surface area contributed by atoms with E-state index in [1.54, 1.807) is 0 Å². The van der Waals surface area contributed by atoms with Crippen LogP contribution < -0.4 is 0 Å². The first-order valence-corrected chi connectivity index (χ1v) is 7.62. The van der Waals surface area contributed by atoms with E-state index < -0.39 is 5.69 Å². The molecule has 0 radical (unpaired) electrons. The van der Waals surface area contributed by atoms with Crippen LogP contribution in [0.2, 0.25) is 0 Å². The van der Waals surface area contributed by atoms with Crippen LogP contribution in [0.15, 0.2) is 0 Å². The van der Waals surface area contributed by atoms with Crippen molar-refractivity contribution >= 4 is 28.9 Å². The van der Waals surface area contributed by atoms with Crippen molar-refractivity contribution in [2.24, 2.45) is 0 Å². The summed E-state index contributed by atoms with van der Waals surface area (Å²) in [5.74, 6) is 0. The first kappa shape index (κ1) is 9.01. The molecule has 0 saturated carbocycles. The second-order valence-corrected chi connectivity index (χ2v) is 8.57. The summed E-state index contributed by atoms with van der Waals surface area (Å²) in [5, 5.41) is 0. The van der Waals surface area contributed by atoms with Crippen molar-refractivity contribution in [3.8, 4) is 0 Å². The highest BCUT2D eigenvalue weighted by Gasteiger charge is 2.25. The van der Waals surface area contributed by atoms with Gasteiger partial charge in [0, 0.05) is 0 Å². The average Bonchev–Trinajstić information content (AvgIpc) is 1.88. The van der Waals surface area contributed by atoms with Gasteiger partial charge in [0.25, 0.3) is 0 Å². The van der Waals surface area contributed by atoms with Crippen LogP contribution in [-0.2, 0) is 20.9 Å². The van der Waals surface area contributed by atoms with Crippen LogP contribution in [0.1, 0.15) is 13.3 Å². The molecule has 1 fully saturated rings. The van der Waals surface area contributed by atoms with Crippen LogP contribution in [0.4, 0.5) is 0 Å². The third-order valence-corrected chi connectivity index (χ3v) is 6.70. The molecule has 0 bridgehead atoms. The fourth-order valence-electron chi connectivity index (χ4n) is 0.730. The standard InChI is InChI=1S/C5H11O2PS2/c1-5-3-4-6-8(9,7-5)10-2/h5H,3-4H2,1-2H3/t5-,8-/m0/s1. The molecule has 60 valence electrons. The summed E-state index contributed by atoms with van der Waals surface area (Å²) in [6.45, 7) is 2.80. The molecule has 1 saturated heterocycles. The predicted octanol–water partition coefficient (Wildman–Crippen LogP) is 2.40. The molecule has 10 heavy (non-hydrogen) atoms. The van der Waals surface area contributed by atoms with Crippen LogP contribution in [-0.4, -0.2) is 19.0 Å². The lowest BCUT2D eigenvalue weighted by Gasteiger charge is -2.28. The van der Waals surface area contributed by atoms with Gasteiger partial charge in [0.1, 0.15) is 0 Å². The topological polar surface area (TPSA) is 18.5 Å². The van der Waals surface area contributed by atoms with Gasteiger partial charge in [-0.25, -0.2) is 0 Å². The molecule has 2 nitrogen and oxygen atoms in total. The largest absolute Gasteiger partial charge is 0.322 e. The zero-order chi connectivity index (χ0) is 7.61. The van der Waals surface area contributed by atoms with Crippen molar-refractivity contribution < 1.29 is 9.05 Å². The predicted molar refractivity (Wildman–Crippen MR) is 48.9 cm³/mol. The van der Waals surface area contributed by atoms with Crippen LogP contribution in [0.3, 0.4) is 0 Å². The zero-order valence-corrected chi connectivity index (χ0v) is 8.60. The molecule has 1 rings (SSSR count). The van der Waals surface area contributed by atoms with E-state index >= 15 is 0 Å². The van der Waals surface area contributed by atoms with Crippen molar-refractivity contribution in [3.05, 3.63) is 0 Å². The summed E-state index contributed by atoms with van der Waals surface area (Å²) in [6, 6.07) is 0. The highest BCUT2D eigenvalue weighted by atomic mass is 32.9. The molecular weight excluding hydrogens is 187 g/mol. The summed E-state index contributed by atoms with van der Waals surface area (Å²) >= 11 is 6.69. The first-order chi connectivity index (χ1) is 4.66. The molecule has 0 aromatic heterocycles. The highest BCUT2D eigenvalue weighted by molar-refractivity contribution is 8.67. The van der Waals surface area contributed by atoms with Gasteiger partial charge in [-0.05, 0) is 31.4 Å². The summed E-state index contributed by atoms with van der Waals surface area (Å²) in [4.78, 5) is 0. The fraction of sp³-hybridized carbons (Fsp3) is 1.00. The first-order valence-electron chi connectivity index (χ1n) is 3.15. The van der Waals surface area contributed by atoms with E-state index in [2.05, 4.69) is 0 Å². The van der Waals surface area contributed by atoms with Gasteiger partial charge in [0.05, 0.1) is 12.7 Å². The molecule has 0 N–H and O–H groups in total. The normalized spacial score (nSPS) is 41.6. The Morgan fingerprint density at radius 1 is 1.70 bits per heavy atom. The van der Waals surface area contributed by atoms with E-state index in [9.17, 15) is 0 Å². The lowest BCUT2D eigenvalue weighted by atomic mass is 10.3. The van der Waals surface area contributed by atoms with Crippen molar-refractivity contribution in [3.63, 3.8) is 0 Å². The maximum Gasteiger partial charge on any atom is 0.247 e. The molecule has 0 aromatic carbocycles. The summed E-state index contributed by atoms with van der Waals surface area (Å²) in [5.41, 5.74) is -1.90. The Balaban J connectivity index is 2.54. The molecule has 0 aliphatic carbocycles. The molecule has 1 aliphatic rings. The van der Waals surface area contributed by atoms with Gasteiger partial charge >= 0.3 is 0 Å². The second kappa shape index (κ2) is 3.55. The minimum atomic E-state index is -1.90. The van der Waals surface area contributed by atoms with E-state index in [1.165, 1.54) is 11.4 Å². The summed E-state index contributed by atoms with van der Waals surface area (Å²) in [7, 11) is 0. The van der Waals surface area contributed by atoms with Gasteiger partial charge in [-0.15, -0.1) is 0 Å². The highest BCUT2D eigenvalue weighted by Crippen LogP contribution is 2.62. The van der Waals surface area contributed by atoms with E-state index in [0.29, 0.717) is 0 Å². The van der Waals surface area contributed by atoms with Gasteiger partial charge in [-0.3, -0.25) is 0 Å². The van der Waals surface area contributed by atoms with Crippen LogP contribution in [0.5, 0.6) is 0 Å². The fourth-order valence-corrected chi connectivity index (χ4v) is 3.76. The van der Waals surface area contributed by atoms with E-state index in [0.717, 1.165) is 13.0 Å². The molecular formula is C5H11O2PS2. The molecule has 0 unspecified atom stereocenters. The molecule has 1 heterocycles. The van der Waals surface area contributed by atoms with Crippen LogP contribution in [0.25, 0.3) is 0 Å². The Kier molecular flexibility index (Phi) is 3.20. The smallest absolute Gasteiger partial charge is 0.247 e. The molecule has 1 aliphatic heterocycles. The maximum absolute atomic E-state index is 5.49. The third kappa shape index (κ3) is 2.21. The lowest BCUT2D eigenvalue weighted by Crippen LogP contribution is -2.15. The Morgan fingerprint density at radius 3 is 2.80 bits per heavy atom. The van der Waals surface area contributed by atoms with Crippen molar-refractivity contribution in [1.82, 2.24) is 0 Å². The monoisotopic (exact) mass is 198 g/mol. The molecule has 0 spiro atoms. The summed E-state index contributed by atoms with van der Waals surface area (Å²) < 4.78 is 10.8. The van der Waals surface area contributed by atoms with Gasteiger partial charge in [-0.2, -0.15) is 0 Å². The number of hydrogen-bond donors (Lipinski definition) is 0. The zero-order valence-electron chi connectivity index (χ0n) is 6.07. The van der Waals surface area contributed by atoms with Crippen LogP contribution >= 0.6 is 17.1 Å². The third-order valence-electron chi connectivity index (χ3n) is 1.31. The molecule has 2 atom stereocenters. The Morgan fingerprint density at radius 2 is 2.40 bits per heavy atom. The summed E-state index contributed by atoms with van der Waals surface area (Å²) in [6.07, 6.45) is 3.20. The molecule has 5 heteroatoms. The molecule has 0 aromatic rings. The van der Waals surface area contributed by atoms with E-state index in [1.807, 2.05) is 13.2 Å². The SMILES string of the molecule is CS[P@@]1(=S)OCC[C@H](C)O1. The van der Waals surface area contributed by atoms with Gasteiger partial charge in [-0.1, -0.05) is 11.4 Å².